The second-order valence-corrected chi connectivity index (χ2v) is 7.77. The van der Waals surface area contributed by atoms with Gasteiger partial charge in [0.2, 0.25) is 0 Å². The molecule has 2 aliphatic heterocycles. The van der Waals surface area contributed by atoms with Crippen LogP contribution in [0.5, 0.6) is 0 Å². The maximum absolute atomic E-state index is 6.36. The molecule has 0 aliphatic carbocycles. The van der Waals surface area contributed by atoms with Crippen molar-refractivity contribution < 1.29 is 0 Å². The molecular weight excluding hydrogens is 306 g/mol. The number of hydrogen-bond donors (Lipinski definition) is 1. The fourth-order valence-electron chi connectivity index (χ4n) is 4.53. The number of rotatable bonds is 6. The Morgan fingerprint density at radius 1 is 0.800 bits per heavy atom. The van der Waals surface area contributed by atoms with Crippen molar-refractivity contribution in [3.8, 4) is 0 Å². The average Bonchev–Trinajstić information content (AvgIpc) is 3.19. The molecule has 3 heteroatoms. The van der Waals surface area contributed by atoms with Crippen molar-refractivity contribution in [2.24, 2.45) is 17.6 Å². The lowest BCUT2D eigenvalue weighted by Crippen LogP contribution is -2.30. The Hall–Kier alpha value is -1.68. The Labute approximate surface area is 151 Å². The summed E-state index contributed by atoms with van der Waals surface area (Å²) in [6.07, 6.45) is 1.05. The van der Waals surface area contributed by atoms with E-state index in [1.807, 2.05) is 0 Å². The van der Waals surface area contributed by atoms with Gasteiger partial charge >= 0.3 is 0 Å². The number of nitrogens with zero attached hydrogens (tertiary/aromatic N) is 2. The lowest BCUT2D eigenvalue weighted by atomic mass is 10.0. The van der Waals surface area contributed by atoms with Gasteiger partial charge in [-0.1, -0.05) is 60.7 Å². The highest BCUT2D eigenvalue weighted by Gasteiger charge is 2.39. The number of likely N-dealkylation sites (tertiary alicyclic amines) is 2. The Morgan fingerprint density at radius 3 is 2.00 bits per heavy atom. The average molecular weight is 335 g/mol. The molecule has 0 bridgehead atoms. The maximum atomic E-state index is 6.36. The van der Waals surface area contributed by atoms with E-state index in [4.69, 9.17) is 5.73 Å². The molecule has 3 atom stereocenters. The molecule has 132 valence electrons. The van der Waals surface area contributed by atoms with E-state index in [1.54, 1.807) is 0 Å². The smallest absolute Gasteiger partial charge is 0.0307 e. The third-order valence-electron chi connectivity index (χ3n) is 5.87. The van der Waals surface area contributed by atoms with Crippen LogP contribution >= 0.6 is 0 Å². The number of fused-ring (bicyclic) bond motifs is 1. The molecule has 0 amide bonds. The van der Waals surface area contributed by atoms with Gasteiger partial charge in [-0.15, -0.1) is 0 Å². The van der Waals surface area contributed by atoms with Crippen LogP contribution in [0.25, 0.3) is 0 Å². The molecule has 0 radical (unpaired) electrons. The van der Waals surface area contributed by atoms with Crippen LogP contribution in [-0.4, -0.2) is 42.5 Å². The Kier molecular flexibility index (Phi) is 5.16. The van der Waals surface area contributed by atoms with Gasteiger partial charge in [-0.3, -0.25) is 4.90 Å². The first kappa shape index (κ1) is 16.8. The molecule has 2 heterocycles. The van der Waals surface area contributed by atoms with Gasteiger partial charge in [0, 0.05) is 38.8 Å². The highest BCUT2D eigenvalue weighted by molar-refractivity contribution is 5.18. The van der Waals surface area contributed by atoms with E-state index in [1.165, 1.54) is 37.3 Å². The first-order chi connectivity index (χ1) is 12.3. The lowest BCUT2D eigenvalue weighted by Gasteiger charge is -2.22. The highest BCUT2D eigenvalue weighted by atomic mass is 15.2. The van der Waals surface area contributed by atoms with E-state index < -0.39 is 0 Å². The van der Waals surface area contributed by atoms with Crippen LogP contribution in [0.3, 0.4) is 0 Å². The second-order valence-electron chi connectivity index (χ2n) is 7.77. The summed E-state index contributed by atoms with van der Waals surface area (Å²) in [6.45, 7) is 7.23. The van der Waals surface area contributed by atoms with E-state index >= 15 is 0 Å². The normalized spacial score (nSPS) is 25.2. The summed E-state index contributed by atoms with van der Waals surface area (Å²) in [6, 6.07) is 21.5. The van der Waals surface area contributed by atoms with Gasteiger partial charge in [0.25, 0.3) is 0 Å². The zero-order valence-corrected chi connectivity index (χ0v) is 14.9. The van der Waals surface area contributed by atoms with Gasteiger partial charge in [0.15, 0.2) is 0 Å². The second kappa shape index (κ2) is 7.69. The minimum Gasteiger partial charge on any atom is -0.324 e. The summed E-state index contributed by atoms with van der Waals surface area (Å²) < 4.78 is 0. The number of benzene rings is 2. The quantitative estimate of drug-likeness (QED) is 0.880. The monoisotopic (exact) mass is 335 g/mol. The molecule has 2 saturated heterocycles. The first-order valence-corrected chi connectivity index (χ1v) is 9.57. The van der Waals surface area contributed by atoms with Crippen LogP contribution in [0.1, 0.15) is 23.6 Å². The van der Waals surface area contributed by atoms with E-state index in [0.717, 1.165) is 31.3 Å². The van der Waals surface area contributed by atoms with Crippen LogP contribution in [0.15, 0.2) is 60.7 Å². The molecule has 2 N–H and O–H groups in total. The fourth-order valence-corrected chi connectivity index (χ4v) is 4.53. The van der Waals surface area contributed by atoms with E-state index in [2.05, 4.69) is 70.5 Å². The lowest BCUT2D eigenvalue weighted by molar-refractivity contribution is 0.246. The van der Waals surface area contributed by atoms with E-state index in [9.17, 15) is 0 Å². The topological polar surface area (TPSA) is 32.5 Å². The first-order valence-electron chi connectivity index (χ1n) is 9.57. The largest absolute Gasteiger partial charge is 0.324 e. The van der Waals surface area contributed by atoms with Crippen molar-refractivity contribution >= 4 is 0 Å². The van der Waals surface area contributed by atoms with Gasteiger partial charge in [-0.25, -0.2) is 0 Å². The molecular formula is C22H29N3. The van der Waals surface area contributed by atoms with Gasteiger partial charge < -0.3 is 10.6 Å². The zero-order valence-electron chi connectivity index (χ0n) is 14.9. The minimum absolute atomic E-state index is 0.163. The molecule has 3 unspecified atom stereocenters. The molecule has 4 rings (SSSR count). The van der Waals surface area contributed by atoms with Crippen molar-refractivity contribution in [3.63, 3.8) is 0 Å². The predicted octanol–water partition coefficient (Wildman–Crippen LogP) is 3.14. The van der Waals surface area contributed by atoms with Gasteiger partial charge in [0.1, 0.15) is 0 Å². The van der Waals surface area contributed by atoms with Crippen molar-refractivity contribution in [2.45, 2.75) is 19.0 Å². The zero-order chi connectivity index (χ0) is 17.1. The highest BCUT2D eigenvalue weighted by Crippen LogP contribution is 2.32. The standard InChI is InChI=1S/C22H29N3/c23-22(19-9-5-2-6-10-19)11-12-24-14-20-16-25(17-21(20)15-24)13-18-7-3-1-4-8-18/h1-10,20-22H,11-17,23H2. The van der Waals surface area contributed by atoms with Crippen LogP contribution in [0.4, 0.5) is 0 Å². The maximum Gasteiger partial charge on any atom is 0.0307 e. The van der Waals surface area contributed by atoms with Crippen LogP contribution in [-0.2, 0) is 6.54 Å². The van der Waals surface area contributed by atoms with E-state index in [-0.39, 0.29) is 6.04 Å². The van der Waals surface area contributed by atoms with Crippen LogP contribution in [0, 0.1) is 11.8 Å². The molecule has 0 aromatic heterocycles. The molecule has 25 heavy (non-hydrogen) atoms. The summed E-state index contributed by atoms with van der Waals surface area (Å²) in [5, 5.41) is 0. The molecule has 3 nitrogen and oxygen atoms in total. The molecule has 0 spiro atoms. The van der Waals surface area contributed by atoms with Crippen molar-refractivity contribution in [2.75, 3.05) is 32.7 Å². The number of hydrogen-bond acceptors (Lipinski definition) is 3. The molecule has 2 fully saturated rings. The van der Waals surface area contributed by atoms with Gasteiger partial charge in [-0.05, 0) is 35.9 Å². The Bertz CT molecular complexity index is 643. The summed E-state index contributed by atoms with van der Waals surface area (Å²) in [5.74, 6) is 1.69. The minimum atomic E-state index is 0.163. The number of nitrogens with two attached hydrogens (primary N) is 1. The van der Waals surface area contributed by atoms with E-state index in [0.29, 0.717) is 0 Å². The molecule has 0 saturated carbocycles. The van der Waals surface area contributed by atoms with Gasteiger partial charge in [-0.2, -0.15) is 0 Å². The van der Waals surface area contributed by atoms with Crippen molar-refractivity contribution in [1.29, 1.82) is 0 Å². The van der Waals surface area contributed by atoms with Crippen LogP contribution in [0.2, 0.25) is 0 Å². The Balaban J connectivity index is 1.23. The predicted molar refractivity (Wildman–Crippen MR) is 103 cm³/mol. The Morgan fingerprint density at radius 2 is 1.36 bits per heavy atom. The third kappa shape index (κ3) is 4.12. The molecule has 2 aromatic carbocycles. The summed E-state index contributed by atoms with van der Waals surface area (Å²) >= 11 is 0. The molecule has 2 aromatic rings. The summed E-state index contributed by atoms with van der Waals surface area (Å²) in [7, 11) is 0. The van der Waals surface area contributed by atoms with Crippen molar-refractivity contribution in [1.82, 2.24) is 9.80 Å². The summed E-state index contributed by atoms with van der Waals surface area (Å²) in [4.78, 5) is 5.27. The summed E-state index contributed by atoms with van der Waals surface area (Å²) in [5.41, 5.74) is 9.06. The molecule has 2 aliphatic rings. The third-order valence-corrected chi connectivity index (χ3v) is 5.87. The van der Waals surface area contributed by atoms with Gasteiger partial charge in [0.05, 0.1) is 0 Å². The van der Waals surface area contributed by atoms with Crippen molar-refractivity contribution in [3.05, 3.63) is 71.8 Å². The fraction of sp³-hybridized carbons (Fsp3) is 0.455. The van der Waals surface area contributed by atoms with Crippen LogP contribution < -0.4 is 5.73 Å². The SMILES string of the molecule is NC(CCN1CC2CN(Cc3ccccc3)CC2C1)c1ccccc1.